The lowest BCUT2D eigenvalue weighted by molar-refractivity contribution is -0.386. The SMILES string of the molecule is CO[C@@H]1CO[C@H](c2c([N+](=O)[O-])cnn2C)CC[C@H]1N(C)C(=O)O. The summed E-state index contributed by atoms with van der Waals surface area (Å²) in [4.78, 5) is 23.0. The van der Waals surface area contributed by atoms with Gasteiger partial charge in [0, 0.05) is 21.2 Å². The molecule has 1 saturated heterocycles. The number of nitrogens with zero attached hydrogens (tertiary/aromatic N) is 4. The van der Waals surface area contributed by atoms with Crippen LogP contribution in [0.25, 0.3) is 0 Å². The van der Waals surface area contributed by atoms with E-state index in [2.05, 4.69) is 5.10 Å². The number of methoxy groups -OCH3 is 1. The second-order valence-electron chi connectivity index (χ2n) is 5.43. The molecule has 1 fully saturated rings. The van der Waals surface area contributed by atoms with Crippen molar-refractivity contribution in [1.29, 1.82) is 0 Å². The fourth-order valence-electron chi connectivity index (χ4n) is 2.89. The molecule has 0 aromatic carbocycles. The maximum atomic E-state index is 11.2. The van der Waals surface area contributed by atoms with Crippen molar-refractivity contribution in [3.05, 3.63) is 22.0 Å². The average molecular weight is 328 g/mol. The standard InChI is InChI=1S/C13H20N4O6/c1-15(13(18)19)8-4-5-10(23-7-11(8)22-3)12-9(17(20)21)6-14-16(12)2/h6,8,10-11H,4-5,7H2,1-3H3,(H,18,19)/t8-,10+,11-/m1/s1. The zero-order valence-electron chi connectivity index (χ0n) is 13.2. The average Bonchev–Trinajstić information content (AvgIpc) is 2.77. The molecule has 0 saturated carbocycles. The highest BCUT2D eigenvalue weighted by Gasteiger charge is 2.36. The molecule has 0 spiro atoms. The first-order valence-electron chi connectivity index (χ1n) is 7.13. The number of hydrogen-bond acceptors (Lipinski definition) is 6. The summed E-state index contributed by atoms with van der Waals surface area (Å²) < 4.78 is 12.5. The normalized spacial score (nSPS) is 24.9. The molecule has 0 aliphatic carbocycles. The van der Waals surface area contributed by atoms with Gasteiger partial charge in [-0.3, -0.25) is 14.8 Å². The first-order chi connectivity index (χ1) is 10.9. The van der Waals surface area contributed by atoms with Crippen LogP contribution in [-0.4, -0.2) is 63.7 Å². The van der Waals surface area contributed by atoms with Gasteiger partial charge >= 0.3 is 11.8 Å². The maximum absolute atomic E-state index is 11.2. The van der Waals surface area contributed by atoms with Crippen LogP contribution in [-0.2, 0) is 16.5 Å². The Morgan fingerprint density at radius 3 is 2.87 bits per heavy atom. The molecular weight excluding hydrogens is 308 g/mol. The Kier molecular flexibility index (Phi) is 5.16. The van der Waals surface area contributed by atoms with E-state index in [4.69, 9.17) is 9.47 Å². The molecule has 1 amide bonds. The second-order valence-corrected chi connectivity index (χ2v) is 5.43. The molecule has 1 aliphatic rings. The summed E-state index contributed by atoms with van der Waals surface area (Å²) in [6.45, 7) is 0.145. The van der Waals surface area contributed by atoms with Gasteiger partial charge in [-0.2, -0.15) is 5.10 Å². The third-order valence-electron chi connectivity index (χ3n) is 4.18. The lowest BCUT2D eigenvalue weighted by atomic mass is 10.0. The largest absolute Gasteiger partial charge is 0.465 e. The topological polar surface area (TPSA) is 120 Å². The number of aromatic nitrogens is 2. The summed E-state index contributed by atoms with van der Waals surface area (Å²) in [7, 11) is 4.58. The van der Waals surface area contributed by atoms with Gasteiger partial charge in [-0.25, -0.2) is 4.79 Å². The van der Waals surface area contributed by atoms with Crippen molar-refractivity contribution in [3.63, 3.8) is 0 Å². The van der Waals surface area contributed by atoms with E-state index in [0.717, 1.165) is 0 Å². The molecule has 1 aromatic heterocycles. The quantitative estimate of drug-likeness (QED) is 0.650. The molecule has 1 aromatic rings. The molecule has 1 aliphatic heterocycles. The molecule has 2 heterocycles. The highest BCUT2D eigenvalue weighted by Crippen LogP contribution is 2.34. The monoisotopic (exact) mass is 328 g/mol. The number of carbonyl (C=O) groups is 1. The maximum Gasteiger partial charge on any atom is 0.407 e. The Labute approximate surface area is 132 Å². The minimum Gasteiger partial charge on any atom is -0.465 e. The Balaban J connectivity index is 2.24. The van der Waals surface area contributed by atoms with E-state index in [1.54, 1.807) is 7.05 Å². The Bertz CT molecular complexity index is 589. The molecule has 0 unspecified atom stereocenters. The Hall–Kier alpha value is -2.20. The second kappa shape index (κ2) is 6.92. The smallest absolute Gasteiger partial charge is 0.407 e. The molecule has 23 heavy (non-hydrogen) atoms. The van der Waals surface area contributed by atoms with Crippen LogP contribution in [0.1, 0.15) is 24.6 Å². The highest BCUT2D eigenvalue weighted by molar-refractivity contribution is 5.65. The summed E-state index contributed by atoms with van der Waals surface area (Å²) >= 11 is 0. The van der Waals surface area contributed by atoms with Gasteiger partial charge in [0.1, 0.15) is 24.1 Å². The molecule has 0 radical (unpaired) electrons. The number of aryl methyl sites for hydroxylation is 1. The van der Waals surface area contributed by atoms with E-state index in [1.807, 2.05) is 0 Å². The van der Waals surface area contributed by atoms with Gasteiger partial charge in [0.2, 0.25) is 0 Å². The van der Waals surface area contributed by atoms with E-state index < -0.39 is 23.2 Å². The molecule has 3 atom stereocenters. The Morgan fingerprint density at radius 1 is 1.61 bits per heavy atom. The van der Waals surface area contributed by atoms with Gasteiger partial charge in [0.25, 0.3) is 0 Å². The number of rotatable bonds is 4. The molecule has 1 N–H and O–H groups in total. The summed E-state index contributed by atoms with van der Waals surface area (Å²) in [6, 6.07) is -0.380. The number of nitro groups is 1. The van der Waals surface area contributed by atoms with Gasteiger partial charge < -0.3 is 19.5 Å². The van der Waals surface area contributed by atoms with Crippen LogP contribution in [0.4, 0.5) is 10.5 Å². The highest BCUT2D eigenvalue weighted by atomic mass is 16.6. The van der Waals surface area contributed by atoms with E-state index in [9.17, 15) is 20.0 Å². The van der Waals surface area contributed by atoms with Crippen LogP contribution in [0.5, 0.6) is 0 Å². The number of amides is 1. The molecule has 10 nitrogen and oxygen atoms in total. The third kappa shape index (κ3) is 3.42. The van der Waals surface area contributed by atoms with Crippen molar-refractivity contribution in [2.45, 2.75) is 31.1 Å². The van der Waals surface area contributed by atoms with Gasteiger partial charge in [-0.1, -0.05) is 0 Å². The summed E-state index contributed by atoms with van der Waals surface area (Å²) in [5.41, 5.74) is 0.278. The Morgan fingerprint density at radius 2 is 2.30 bits per heavy atom. The number of likely N-dealkylation sites (N-methyl/N-ethyl adjacent to an activating group) is 1. The summed E-state index contributed by atoms with van der Waals surface area (Å²) in [6.07, 6.45) is 0.0675. The molecule has 0 bridgehead atoms. The van der Waals surface area contributed by atoms with Crippen molar-refractivity contribution >= 4 is 11.8 Å². The molecule has 2 rings (SSSR count). The predicted molar refractivity (Wildman–Crippen MR) is 78.2 cm³/mol. The number of carboxylic acid groups (broad SMARTS) is 1. The van der Waals surface area contributed by atoms with Crippen LogP contribution < -0.4 is 0 Å². The predicted octanol–water partition coefficient (Wildman–Crippen LogP) is 1.17. The van der Waals surface area contributed by atoms with Crippen molar-refractivity contribution in [2.24, 2.45) is 7.05 Å². The van der Waals surface area contributed by atoms with Crippen molar-refractivity contribution in [3.8, 4) is 0 Å². The van der Waals surface area contributed by atoms with Crippen LogP contribution in [0.3, 0.4) is 0 Å². The van der Waals surface area contributed by atoms with Crippen molar-refractivity contribution in [2.75, 3.05) is 20.8 Å². The van der Waals surface area contributed by atoms with Crippen LogP contribution in [0.2, 0.25) is 0 Å². The lowest BCUT2D eigenvalue weighted by Gasteiger charge is -2.29. The first kappa shape index (κ1) is 17.2. The van der Waals surface area contributed by atoms with E-state index >= 15 is 0 Å². The van der Waals surface area contributed by atoms with E-state index in [1.165, 1.54) is 29.9 Å². The zero-order chi connectivity index (χ0) is 17.1. The van der Waals surface area contributed by atoms with E-state index in [0.29, 0.717) is 18.5 Å². The van der Waals surface area contributed by atoms with Crippen LogP contribution in [0.15, 0.2) is 6.20 Å². The lowest BCUT2D eigenvalue weighted by Crippen LogP contribution is -2.45. The van der Waals surface area contributed by atoms with E-state index in [-0.39, 0.29) is 18.3 Å². The minimum absolute atomic E-state index is 0.100. The molecular formula is C13H20N4O6. The summed E-state index contributed by atoms with van der Waals surface area (Å²) in [5, 5.41) is 24.2. The fourth-order valence-corrected chi connectivity index (χ4v) is 2.89. The fraction of sp³-hybridized carbons (Fsp3) is 0.692. The minimum atomic E-state index is -1.05. The van der Waals surface area contributed by atoms with Gasteiger partial charge in [-0.15, -0.1) is 0 Å². The molecule has 10 heteroatoms. The number of ether oxygens (including phenoxy) is 2. The van der Waals surface area contributed by atoms with Gasteiger partial charge in [0.15, 0.2) is 0 Å². The third-order valence-corrected chi connectivity index (χ3v) is 4.18. The van der Waals surface area contributed by atoms with Crippen molar-refractivity contribution in [1.82, 2.24) is 14.7 Å². The van der Waals surface area contributed by atoms with Crippen LogP contribution in [0, 0.1) is 10.1 Å². The van der Waals surface area contributed by atoms with Crippen molar-refractivity contribution < 1.29 is 24.3 Å². The van der Waals surface area contributed by atoms with Crippen LogP contribution >= 0.6 is 0 Å². The van der Waals surface area contributed by atoms with Gasteiger partial charge in [0.05, 0.1) is 17.6 Å². The van der Waals surface area contributed by atoms with Gasteiger partial charge in [-0.05, 0) is 12.8 Å². The summed E-state index contributed by atoms with van der Waals surface area (Å²) in [5.74, 6) is 0. The first-order valence-corrected chi connectivity index (χ1v) is 7.13. The zero-order valence-corrected chi connectivity index (χ0v) is 13.2. The molecule has 128 valence electrons. The number of hydrogen-bond donors (Lipinski definition) is 1.